The Labute approximate surface area is 92.4 Å². The molecule has 2 aromatic carbocycles. The van der Waals surface area contributed by atoms with Gasteiger partial charge in [0.1, 0.15) is 0 Å². The minimum absolute atomic E-state index is 0.176. The van der Waals surface area contributed by atoms with Crippen LogP contribution in [0.25, 0.3) is 10.8 Å². The zero-order chi connectivity index (χ0) is 11.9. The Kier molecular flexibility index (Phi) is 2.25. The van der Waals surface area contributed by atoms with Crippen LogP contribution < -0.4 is 11.5 Å². The summed E-state index contributed by atoms with van der Waals surface area (Å²) >= 11 is 0. The first-order valence-electron chi connectivity index (χ1n) is 4.44. The summed E-state index contributed by atoms with van der Waals surface area (Å²) in [4.78, 5) is -0.176. The number of anilines is 2. The van der Waals surface area contributed by atoms with Crippen molar-refractivity contribution in [3.8, 4) is 0 Å². The molecule has 0 atom stereocenters. The molecule has 5 nitrogen and oxygen atoms in total. The summed E-state index contributed by atoms with van der Waals surface area (Å²) in [5.41, 5.74) is 12.2. The lowest BCUT2D eigenvalue weighted by Crippen LogP contribution is -1.98. The molecule has 0 aliphatic heterocycles. The normalized spacial score (nSPS) is 11.8. The van der Waals surface area contributed by atoms with Crippen LogP contribution in [0.15, 0.2) is 35.2 Å². The minimum atomic E-state index is -4.20. The molecule has 0 bridgehead atoms. The Morgan fingerprint density at radius 2 is 1.75 bits per heavy atom. The van der Waals surface area contributed by atoms with E-state index in [2.05, 4.69) is 0 Å². The molecule has 0 spiro atoms. The van der Waals surface area contributed by atoms with Gasteiger partial charge in [-0.1, -0.05) is 6.07 Å². The van der Waals surface area contributed by atoms with Crippen LogP contribution in [-0.2, 0) is 10.1 Å². The first kappa shape index (κ1) is 10.7. The molecule has 0 heterocycles. The lowest BCUT2D eigenvalue weighted by Gasteiger charge is -2.05. The summed E-state index contributed by atoms with van der Waals surface area (Å²) in [5.74, 6) is 0. The van der Waals surface area contributed by atoms with Crippen molar-refractivity contribution < 1.29 is 13.0 Å². The molecule has 0 aliphatic rings. The van der Waals surface area contributed by atoms with E-state index in [-0.39, 0.29) is 4.90 Å². The molecular weight excluding hydrogens is 228 g/mol. The maximum absolute atomic E-state index is 10.9. The molecule has 0 amide bonds. The van der Waals surface area contributed by atoms with E-state index in [0.29, 0.717) is 22.1 Å². The Hall–Kier alpha value is -1.79. The largest absolute Gasteiger partial charge is 0.399 e. The highest BCUT2D eigenvalue weighted by molar-refractivity contribution is 7.85. The van der Waals surface area contributed by atoms with Crippen molar-refractivity contribution in [1.82, 2.24) is 0 Å². The van der Waals surface area contributed by atoms with Gasteiger partial charge >= 0.3 is 0 Å². The van der Waals surface area contributed by atoms with Gasteiger partial charge in [-0.3, -0.25) is 4.55 Å². The maximum Gasteiger partial charge on any atom is 0.294 e. The van der Waals surface area contributed by atoms with Crippen LogP contribution in [0.3, 0.4) is 0 Å². The van der Waals surface area contributed by atoms with E-state index in [0.717, 1.165) is 0 Å². The van der Waals surface area contributed by atoms with Crippen LogP contribution in [0.2, 0.25) is 0 Å². The maximum atomic E-state index is 10.9. The Balaban J connectivity index is 2.81. The Morgan fingerprint density at radius 3 is 2.38 bits per heavy atom. The summed E-state index contributed by atoms with van der Waals surface area (Å²) in [6.07, 6.45) is 0. The first-order valence-corrected chi connectivity index (χ1v) is 5.88. The molecule has 0 aliphatic carbocycles. The van der Waals surface area contributed by atoms with Crippen LogP contribution in [0.4, 0.5) is 11.4 Å². The second-order valence-corrected chi connectivity index (χ2v) is 4.89. The van der Waals surface area contributed by atoms with Crippen molar-refractivity contribution in [1.29, 1.82) is 0 Å². The van der Waals surface area contributed by atoms with E-state index in [9.17, 15) is 8.42 Å². The van der Waals surface area contributed by atoms with Crippen molar-refractivity contribution in [2.75, 3.05) is 11.5 Å². The summed E-state index contributed by atoms with van der Waals surface area (Å²) < 4.78 is 30.8. The summed E-state index contributed by atoms with van der Waals surface area (Å²) in [6.45, 7) is 0. The van der Waals surface area contributed by atoms with Gasteiger partial charge in [-0.05, 0) is 29.7 Å². The summed E-state index contributed by atoms with van der Waals surface area (Å²) in [5, 5.41) is 1.27. The quantitative estimate of drug-likeness (QED) is 0.512. The molecule has 2 rings (SSSR count). The molecule has 6 heteroatoms. The van der Waals surface area contributed by atoms with Crippen LogP contribution >= 0.6 is 0 Å². The number of nitrogens with two attached hydrogens (primary N) is 2. The predicted molar refractivity (Wildman–Crippen MR) is 62.6 cm³/mol. The summed E-state index contributed by atoms with van der Waals surface area (Å²) in [7, 11) is -4.20. The predicted octanol–water partition coefficient (Wildman–Crippen LogP) is 1.25. The second kappa shape index (κ2) is 3.36. The van der Waals surface area contributed by atoms with Gasteiger partial charge in [-0.2, -0.15) is 8.42 Å². The molecule has 0 aromatic heterocycles. The van der Waals surface area contributed by atoms with Crippen molar-refractivity contribution in [2.45, 2.75) is 4.90 Å². The number of nitrogen functional groups attached to an aromatic ring is 2. The topological polar surface area (TPSA) is 106 Å². The molecule has 16 heavy (non-hydrogen) atoms. The van der Waals surface area contributed by atoms with E-state index < -0.39 is 10.1 Å². The van der Waals surface area contributed by atoms with Gasteiger partial charge in [0.25, 0.3) is 10.1 Å². The number of fused-ring (bicyclic) bond motifs is 1. The Morgan fingerprint density at radius 1 is 1.06 bits per heavy atom. The second-order valence-electron chi connectivity index (χ2n) is 3.47. The van der Waals surface area contributed by atoms with Crippen molar-refractivity contribution in [3.05, 3.63) is 30.3 Å². The lowest BCUT2D eigenvalue weighted by molar-refractivity contribution is 0.483. The molecule has 0 unspecified atom stereocenters. The van der Waals surface area contributed by atoms with Crippen molar-refractivity contribution in [3.63, 3.8) is 0 Å². The van der Waals surface area contributed by atoms with E-state index in [4.69, 9.17) is 16.0 Å². The number of rotatable bonds is 1. The zero-order valence-electron chi connectivity index (χ0n) is 8.21. The van der Waals surface area contributed by atoms with Crippen molar-refractivity contribution in [2.24, 2.45) is 0 Å². The highest BCUT2D eigenvalue weighted by Gasteiger charge is 2.10. The monoisotopic (exact) mass is 238 g/mol. The van der Waals surface area contributed by atoms with Crippen LogP contribution in [0.5, 0.6) is 0 Å². The fourth-order valence-corrected chi connectivity index (χ4v) is 2.08. The number of hydrogen-bond donors (Lipinski definition) is 3. The first-order chi connectivity index (χ1) is 7.38. The molecule has 0 radical (unpaired) electrons. The van der Waals surface area contributed by atoms with Gasteiger partial charge in [0.15, 0.2) is 0 Å². The number of benzene rings is 2. The van der Waals surface area contributed by atoms with E-state index >= 15 is 0 Å². The highest BCUT2D eigenvalue weighted by atomic mass is 32.2. The van der Waals surface area contributed by atoms with Gasteiger partial charge < -0.3 is 11.5 Å². The fraction of sp³-hybridized carbons (Fsp3) is 0. The third-order valence-electron chi connectivity index (χ3n) is 2.28. The SMILES string of the molecule is Nc1cc(N)c2ccc(S(=O)(=O)O)cc2c1. The van der Waals surface area contributed by atoms with Gasteiger partial charge in [0, 0.05) is 16.8 Å². The molecule has 0 saturated carbocycles. The third kappa shape index (κ3) is 1.80. The van der Waals surface area contributed by atoms with Crippen LogP contribution in [-0.4, -0.2) is 13.0 Å². The Bertz CT molecular complexity index is 665. The molecule has 0 saturated heterocycles. The molecule has 2 aromatic rings. The molecular formula is C10H10N2O3S. The van der Waals surface area contributed by atoms with Crippen LogP contribution in [0.1, 0.15) is 0 Å². The third-order valence-corrected chi connectivity index (χ3v) is 3.13. The standard InChI is InChI=1S/C10H10N2O3S/c11-7-3-6-4-8(16(13,14)15)1-2-9(6)10(12)5-7/h1-5H,11-12H2,(H,13,14,15). The van der Waals surface area contributed by atoms with Gasteiger partial charge in [-0.25, -0.2) is 0 Å². The van der Waals surface area contributed by atoms with Gasteiger partial charge in [0.05, 0.1) is 4.90 Å². The number of hydrogen-bond acceptors (Lipinski definition) is 4. The lowest BCUT2D eigenvalue weighted by atomic mass is 10.1. The average Bonchev–Trinajstić information content (AvgIpc) is 2.15. The fourth-order valence-electron chi connectivity index (χ4n) is 1.56. The summed E-state index contributed by atoms with van der Waals surface area (Å²) in [6, 6.07) is 7.35. The average molecular weight is 238 g/mol. The van der Waals surface area contributed by atoms with Gasteiger partial charge in [-0.15, -0.1) is 0 Å². The van der Waals surface area contributed by atoms with E-state index in [1.54, 1.807) is 12.1 Å². The van der Waals surface area contributed by atoms with Crippen molar-refractivity contribution >= 4 is 32.3 Å². The molecule has 0 fully saturated rings. The van der Waals surface area contributed by atoms with E-state index in [1.807, 2.05) is 0 Å². The zero-order valence-corrected chi connectivity index (χ0v) is 9.03. The van der Waals surface area contributed by atoms with Gasteiger partial charge in [0.2, 0.25) is 0 Å². The molecule has 84 valence electrons. The van der Waals surface area contributed by atoms with E-state index in [1.165, 1.54) is 18.2 Å². The highest BCUT2D eigenvalue weighted by Crippen LogP contribution is 2.26. The smallest absolute Gasteiger partial charge is 0.294 e. The minimum Gasteiger partial charge on any atom is -0.399 e. The molecule has 5 N–H and O–H groups in total. The van der Waals surface area contributed by atoms with Crippen LogP contribution in [0, 0.1) is 0 Å².